The van der Waals surface area contributed by atoms with Crippen LogP contribution in [0.25, 0.3) is 0 Å². The number of carbonyl (C=O) groups excluding carboxylic acids is 1. The molecule has 0 aromatic heterocycles. The van der Waals surface area contributed by atoms with Crippen LogP contribution >= 0.6 is 15.9 Å². The predicted molar refractivity (Wildman–Crippen MR) is 74.0 cm³/mol. The van der Waals surface area contributed by atoms with E-state index >= 15 is 0 Å². The van der Waals surface area contributed by atoms with E-state index in [0.717, 1.165) is 12.1 Å². The fourth-order valence-corrected chi connectivity index (χ4v) is 2.06. The molecule has 0 unspecified atom stereocenters. The van der Waals surface area contributed by atoms with Crippen LogP contribution in [0.3, 0.4) is 0 Å². The quantitative estimate of drug-likeness (QED) is 0.684. The highest BCUT2D eigenvalue weighted by atomic mass is 79.9. The van der Waals surface area contributed by atoms with Gasteiger partial charge in [0.1, 0.15) is 18.2 Å². The van der Waals surface area contributed by atoms with Gasteiger partial charge < -0.3 is 10.5 Å². The Morgan fingerprint density at radius 3 is 2.55 bits per heavy atom. The van der Waals surface area contributed by atoms with Gasteiger partial charge in [-0.1, -0.05) is 22.0 Å². The molecule has 0 saturated heterocycles. The molecular weight excluding hydrogens is 332 g/mol. The summed E-state index contributed by atoms with van der Waals surface area (Å²) in [6.07, 6.45) is 0. The zero-order valence-corrected chi connectivity index (χ0v) is 11.8. The molecule has 0 saturated carbocycles. The maximum absolute atomic E-state index is 13.1. The molecule has 2 N–H and O–H groups in total. The van der Waals surface area contributed by atoms with Crippen molar-refractivity contribution in [3.63, 3.8) is 0 Å². The molecule has 0 amide bonds. The Bertz CT molecular complexity index is 641. The summed E-state index contributed by atoms with van der Waals surface area (Å²) in [6.45, 7) is -0.0594. The first-order chi connectivity index (χ1) is 9.45. The van der Waals surface area contributed by atoms with Gasteiger partial charge in [0.05, 0.1) is 5.56 Å². The lowest BCUT2D eigenvalue weighted by molar-refractivity contribution is 0.0471. The topological polar surface area (TPSA) is 52.3 Å². The third-order valence-corrected chi connectivity index (χ3v) is 3.27. The normalized spacial score (nSPS) is 10.3. The van der Waals surface area contributed by atoms with Crippen molar-refractivity contribution in [1.29, 1.82) is 0 Å². The molecule has 0 spiro atoms. The Kier molecular flexibility index (Phi) is 4.34. The highest BCUT2D eigenvalue weighted by molar-refractivity contribution is 9.10. The average Bonchev–Trinajstić information content (AvgIpc) is 2.36. The first-order valence-electron chi connectivity index (χ1n) is 5.63. The van der Waals surface area contributed by atoms with Gasteiger partial charge in [-0.05, 0) is 30.3 Å². The van der Waals surface area contributed by atoms with Gasteiger partial charge in [-0.3, -0.25) is 0 Å². The second-order valence-corrected chi connectivity index (χ2v) is 4.94. The van der Waals surface area contributed by atoms with Crippen LogP contribution in [0, 0.1) is 11.6 Å². The molecule has 2 aromatic rings. The monoisotopic (exact) mass is 341 g/mol. The van der Waals surface area contributed by atoms with Gasteiger partial charge in [-0.2, -0.15) is 0 Å². The molecule has 3 nitrogen and oxygen atoms in total. The average molecular weight is 342 g/mol. The van der Waals surface area contributed by atoms with E-state index in [1.54, 1.807) is 0 Å². The van der Waals surface area contributed by atoms with Crippen molar-refractivity contribution in [2.75, 3.05) is 5.73 Å². The summed E-state index contributed by atoms with van der Waals surface area (Å²) >= 11 is 3.17. The number of hydrogen-bond acceptors (Lipinski definition) is 3. The number of halogens is 3. The number of ether oxygens (including phenoxy) is 1. The molecule has 2 aromatic carbocycles. The molecule has 0 fully saturated rings. The van der Waals surface area contributed by atoms with Gasteiger partial charge in [-0.25, -0.2) is 13.6 Å². The van der Waals surface area contributed by atoms with Gasteiger partial charge >= 0.3 is 5.97 Å². The molecule has 0 atom stereocenters. The molecule has 0 radical (unpaired) electrons. The minimum atomic E-state index is -0.701. The molecule has 0 aliphatic heterocycles. The number of nitrogens with two attached hydrogens (primary N) is 1. The van der Waals surface area contributed by atoms with E-state index in [1.807, 2.05) is 0 Å². The molecule has 104 valence electrons. The van der Waals surface area contributed by atoms with E-state index < -0.39 is 17.6 Å². The highest BCUT2D eigenvalue weighted by Gasteiger charge is 2.11. The number of benzene rings is 2. The van der Waals surface area contributed by atoms with E-state index in [4.69, 9.17) is 10.5 Å². The summed E-state index contributed by atoms with van der Waals surface area (Å²) in [7, 11) is 0. The third kappa shape index (κ3) is 3.54. The zero-order chi connectivity index (χ0) is 14.7. The number of hydrogen-bond donors (Lipinski definition) is 1. The fraction of sp³-hybridized carbons (Fsp3) is 0.0714. The largest absolute Gasteiger partial charge is 0.457 e. The van der Waals surface area contributed by atoms with E-state index in [1.165, 1.54) is 24.3 Å². The van der Waals surface area contributed by atoms with E-state index in [-0.39, 0.29) is 17.9 Å². The molecule has 0 heterocycles. The maximum atomic E-state index is 13.1. The first-order valence-corrected chi connectivity index (χ1v) is 6.42. The Hall–Kier alpha value is -1.95. The van der Waals surface area contributed by atoms with Crippen molar-refractivity contribution in [1.82, 2.24) is 0 Å². The van der Waals surface area contributed by atoms with Crippen LogP contribution in [-0.4, -0.2) is 5.97 Å². The molecule has 2 rings (SSSR count). The number of carbonyl (C=O) groups is 1. The molecule has 0 aliphatic carbocycles. The Morgan fingerprint density at radius 1 is 1.15 bits per heavy atom. The molecule has 6 heteroatoms. The van der Waals surface area contributed by atoms with Gasteiger partial charge in [-0.15, -0.1) is 0 Å². The van der Waals surface area contributed by atoms with Crippen LogP contribution in [-0.2, 0) is 11.3 Å². The van der Waals surface area contributed by atoms with Gasteiger partial charge in [0, 0.05) is 15.7 Å². The van der Waals surface area contributed by atoms with Crippen LogP contribution in [0.5, 0.6) is 0 Å². The highest BCUT2D eigenvalue weighted by Crippen LogP contribution is 2.20. The standard InChI is InChI=1S/C14H10BrF2NO2/c15-13-6-10(16)2-1-8(13)7-20-14(19)9-3-11(17)5-12(18)4-9/h1-6H,7,18H2. The van der Waals surface area contributed by atoms with Gasteiger partial charge in [0.15, 0.2) is 0 Å². The third-order valence-electron chi connectivity index (χ3n) is 2.53. The maximum Gasteiger partial charge on any atom is 0.338 e. The lowest BCUT2D eigenvalue weighted by Crippen LogP contribution is -2.07. The summed E-state index contributed by atoms with van der Waals surface area (Å²) in [4.78, 5) is 11.8. The first kappa shape index (κ1) is 14.5. The zero-order valence-electron chi connectivity index (χ0n) is 10.2. The van der Waals surface area contributed by atoms with Crippen molar-refractivity contribution in [2.45, 2.75) is 6.61 Å². The van der Waals surface area contributed by atoms with Crippen LogP contribution in [0.2, 0.25) is 0 Å². The van der Waals surface area contributed by atoms with Gasteiger partial charge in [0.2, 0.25) is 0 Å². The second-order valence-electron chi connectivity index (χ2n) is 4.09. The Balaban J connectivity index is 2.08. The smallest absolute Gasteiger partial charge is 0.338 e. The van der Waals surface area contributed by atoms with Crippen molar-refractivity contribution >= 4 is 27.6 Å². The minimum absolute atomic E-state index is 0.0285. The SMILES string of the molecule is Nc1cc(F)cc(C(=O)OCc2ccc(F)cc2Br)c1. The van der Waals surface area contributed by atoms with Gasteiger partial charge in [0.25, 0.3) is 0 Å². The van der Waals surface area contributed by atoms with Crippen molar-refractivity contribution in [2.24, 2.45) is 0 Å². The fourth-order valence-electron chi connectivity index (χ4n) is 1.60. The second kappa shape index (κ2) is 6.00. The summed E-state index contributed by atoms with van der Waals surface area (Å²) in [5.74, 6) is -1.71. The van der Waals surface area contributed by atoms with Crippen LogP contribution in [0.4, 0.5) is 14.5 Å². The van der Waals surface area contributed by atoms with Crippen LogP contribution in [0.1, 0.15) is 15.9 Å². The minimum Gasteiger partial charge on any atom is -0.457 e. The van der Waals surface area contributed by atoms with Crippen LogP contribution in [0.15, 0.2) is 40.9 Å². The number of esters is 1. The van der Waals surface area contributed by atoms with Crippen molar-refractivity contribution < 1.29 is 18.3 Å². The number of nitrogen functional groups attached to an aromatic ring is 1. The van der Waals surface area contributed by atoms with Crippen LogP contribution < -0.4 is 5.73 Å². The van der Waals surface area contributed by atoms with Crippen molar-refractivity contribution in [3.05, 3.63) is 63.6 Å². The molecule has 0 aliphatic rings. The van der Waals surface area contributed by atoms with Crippen molar-refractivity contribution in [3.8, 4) is 0 Å². The molecule has 20 heavy (non-hydrogen) atoms. The lowest BCUT2D eigenvalue weighted by Gasteiger charge is -2.07. The van der Waals surface area contributed by atoms with E-state index in [0.29, 0.717) is 10.0 Å². The Morgan fingerprint density at radius 2 is 1.90 bits per heavy atom. The Labute approximate surface area is 122 Å². The van der Waals surface area contributed by atoms with E-state index in [2.05, 4.69) is 15.9 Å². The summed E-state index contributed by atoms with van der Waals surface area (Å²) < 4.78 is 31.6. The summed E-state index contributed by atoms with van der Waals surface area (Å²) in [6, 6.07) is 7.49. The number of rotatable bonds is 3. The van der Waals surface area contributed by atoms with E-state index in [9.17, 15) is 13.6 Å². The molecule has 0 bridgehead atoms. The lowest BCUT2D eigenvalue weighted by atomic mass is 10.2. The number of anilines is 1. The predicted octanol–water partition coefficient (Wildman–Crippen LogP) is 3.67. The summed E-state index contributed by atoms with van der Waals surface area (Å²) in [5.41, 5.74) is 6.22. The molecular formula is C14H10BrF2NO2. The summed E-state index contributed by atoms with van der Waals surface area (Å²) in [5, 5.41) is 0.